The highest BCUT2D eigenvalue weighted by Gasteiger charge is 2.17. The predicted molar refractivity (Wildman–Crippen MR) is 69.3 cm³/mol. The Labute approximate surface area is 106 Å². The number of hydrogen-bond donors (Lipinski definition) is 0. The molecule has 1 aromatic carbocycles. The van der Waals surface area contributed by atoms with Gasteiger partial charge in [-0.1, -0.05) is 27.7 Å². The average molecular weight is 299 g/mol. The number of halogens is 1. The molecule has 5 heteroatoms. The molecule has 0 bridgehead atoms. The summed E-state index contributed by atoms with van der Waals surface area (Å²) in [4.78, 5) is 4.62. The molecule has 0 radical (unpaired) electrons. The zero-order valence-electron chi connectivity index (χ0n) is 8.86. The summed E-state index contributed by atoms with van der Waals surface area (Å²) in [6.45, 7) is 1.77. The van der Waals surface area contributed by atoms with Crippen LogP contribution in [0.2, 0.25) is 0 Å². The lowest BCUT2D eigenvalue weighted by molar-refractivity contribution is 0.314. The Morgan fingerprint density at radius 3 is 3.19 bits per heavy atom. The normalized spacial score (nSPS) is 14.9. The van der Waals surface area contributed by atoms with E-state index in [1.54, 1.807) is 11.8 Å². The van der Waals surface area contributed by atoms with Crippen LogP contribution in [0.1, 0.15) is 6.42 Å². The van der Waals surface area contributed by atoms with Crippen molar-refractivity contribution in [2.75, 3.05) is 12.9 Å². The van der Waals surface area contributed by atoms with Crippen LogP contribution in [-0.4, -0.2) is 22.4 Å². The summed E-state index contributed by atoms with van der Waals surface area (Å²) in [5.41, 5.74) is 2.14. The van der Waals surface area contributed by atoms with Gasteiger partial charge in [-0.05, 0) is 24.8 Å². The Morgan fingerprint density at radius 2 is 2.38 bits per heavy atom. The summed E-state index contributed by atoms with van der Waals surface area (Å²) in [5, 5.41) is 1.07. The molecule has 1 aliphatic heterocycles. The van der Waals surface area contributed by atoms with Crippen molar-refractivity contribution in [3.8, 4) is 5.75 Å². The second-order valence-corrected chi connectivity index (χ2v) is 5.41. The van der Waals surface area contributed by atoms with E-state index in [2.05, 4.69) is 31.7 Å². The van der Waals surface area contributed by atoms with Crippen molar-refractivity contribution in [2.45, 2.75) is 18.1 Å². The Balaban J connectivity index is 2.37. The predicted octanol–water partition coefficient (Wildman–Crippen LogP) is 3.30. The Bertz CT molecular complexity index is 552. The van der Waals surface area contributed by atoms with Crippen molar-refractivity contribution in [1.82, 2.24) is 9.55 Å². The maximum absolute atomic E-state index is 5.76. The van der Waals surface area contributed by atoms with E-state index in [0.29, 0.717) is 0 Å². The summed E-state index contributed by atoms with van der Waals surface area (Å²) in [7, 11) is 0. The van der Waals surface area contributed by atoms with Gasteiger partial charge in [0.25, 0.3) is 0 Å². The number of thioether (sulfide) groups is 1. The van der Waals surface area contributed by atoms with E-state index in [-0.39, 0.29) is 0 Å². The van der Waals surface area contributed by atoms with Crippen molar-refractivity contribution < 1.29 is 4.74 Å². The first kappa shape index (κ1) is 10.5. The minimum atomic E-state index is 0.779. The third kappa shape index (κ3) is 1.53. The van der Waals surface area contributed by atoms with Gasteiger partial charge in [-0.25, -0.2) is 4.98 Å². The van der Waals surface area contributed by atoms with Crippen molar-refractivity contribution in [3.05, 3.63) is 16.6 Å². The molecular weight excluding hydrogens is 288 g/mol. The van der Waals surface area contributed by atoms with Crippen molar-refractivity contribution in [1.29, 1.82) is 0 Å². The van der Waals surface area contributed by atoms with Gasteiger partial charge in [-0.3, -0.25) is 0 Å². The van der Waals surface area contributed by atoms with Crippen LogP contribution in [-0.2, 0) is 6.54 Å². The monoisotopic (exact) mass is 298 g/mol. The Morgan fingerprint density at radius 1 is 1.50 bits per heavy atom. The van der Waals surface area contributed by atoms with Crippen LogP contribution >= 0.6 is 27.7 Å². The molecule has 0 spiro atoms. The molecule has 1 aliphatic rings. The number of hydrogen-bond acceptors (Lipinski definition) is 3. The van der Waals surface area contributed by atoms with Gasteiger partial charge in [0.1, 0.15) is 11.3 Å². The molecule has 84 valence electrons. The number of aryl methyl sites for hydroxylation is 1. The standard InChI is InChI=1S/C11H11BrN2OS/c1-16-11-13-8-5-7(12)6-9-10(8)14(11)3-2-4-15-9/h5-6H,2-4H2,1H3. The molecule has 0 amide bonds. The molecule has 0 saturated carbocycles. The largest absolute Gasteiger partial charge is 0.491 e. The van der Waals surface area contributed by atoms with Gasteiger partial charge < -0.3 is 9.30 Å². The summed E-state index contributed by atoms with van der Waals surface area (Å²) in [5.74, 6) is 0.940. The highest BCUT2D eigenvalue weighted by Crippen LogP contribution is 2.34. The third-order valence-electron chi connectivity index (χ3n) is 2.70. The highest BCUT2D eigenvalue weighted by atomic mass is 79.9. The lowest BCUT2D eigenvalue weighted by atomic mass is 10.3. The van der Waals surface area contributed by atoms with E-state index in [1.165, 1.54) is 0 Å². The van der Waals surface area contributed by atoms with Gasteiger partial charge in [0.15, 0.2) is 5.16 Å². The topological polar surface area (TPSA) is 27.1 Å². The Kier molecular flexibility index (Phi) is 2.59. The maximum atomic E-state index is 5.76. The number of rotatable bonds is 1. The maximum Gasteiger partial charge on any atom is 0.168 e. The quantitative estimate of drug-likeness (QED) is 0.756. The number of benzene rings is 1. The molecular formula is C11H11BrN2OS. The number of ether oxygens (including phenoxy) is 1. The van der Waals surface area contributed by atoms with Crippen molar-refractivity contribution in [3.63, 3.8) is 0 Å². The molecule has 3 rings (SSSR count). The fourth-order valence-electron chi connectivity index (χ4n) is 2.05. The van der Waals surface area contributed by atoms with Crippen LogP contribution in [0.4, 0.5) is 0 Å². The van der Waals surface area contributed by atoms with E-state index < -0.39 is 0 Å². The van der Waals surface area contributed by atoms with E-state index in [0.717, 1.165) is 46.0 Å². The first-order valence-corrected chi connectivity index (χ1v) is 7.18. The minimum Gasteiger partial charge on any atom is -0.491 e. The summed E-state index contributed by atoms with van der Waals surface area (Å²) in [6.07, 6.45) is 3.09. The lowest BCUT2D eigenvalue weighted by Gasteiger charge is -2.04. The molecule has 0 atom stereocenters. The summed E-state index contributed by atoms with van der Waals surface area (Å²) >= 11 is 5.18. The van der Waals surface area contributed by atoms with E-state index in [4.69, 9.17) is 4.74 Å². The summed E-state index contributed by atoms with van der Waals surface area (Å²) < 4.78 is 9.04. The molecule has 0 saturated heterocycles. The van der Waals surface area contributed by atoms with Gasteiger partial charge in [-0.2, -0.15) is 0 Å². The molecule has 3 nitrogen and oxygen atoms in total. The van der Waals surface area contributed by atoms with Crippen LogP contribution < -0.4 is 4.74 Å². The van der Waals surface area contributed by atoms with Crippen LogP contribution in [0.5, 0.6) is 5.75 Å². The van der Waals surface area contributed by atoms with Crippen molar-refractivity contribution in [2.24, 2.45) is 0 Å². The smallest absolute Gasteiger partial charge is 0.168 e. The number of nitrogens with zero attached hydrogens (tertiary/aromatic N) is 2. The van der Waals surface area contributed by atoms with Crippen LogP contribution in [0.25, 0.3) is 11.0 Å². The first-order valence-electron chi connectivity index (χ1n) is 5.16. The second kappa shape index (κ2) is 3.96. The fraction of sp³-hybridized carbons (Fsp3) is 0.364. The molecule has 1 aromatic heterocycles. The van der Waals surface area contributed by atoms with Gasteiger partial charge in [-0.15, -0.1) is 0 Å². The number of aromatic nitrogens is 2. The van der Waals surface area contributed by atoms with Gasteiger partial charge in [0, 0.05) is 11.0 Å². The minimum absolute atomic E-state index is 0.779. The number of imidazole rings is 1. The molecule has 0 fully saturated rings. The van der Waals surface area contributed by atoms with E-state index in [9.17, 15) is 0 Å². The highest BCUT2D eigenvalue weighted by molar-refractivity contribution is 9.10. The SMILES string of the molecule is CSc1nc2cc(Br)cc3c2n1CCCO3. The van der Waals surface area contributed by atoms with Crippen LogP contribution in [0.15, 0.2) is 21.8 Å². The second-order valence-electron chi connectivity index (χ2n) is 3.72. The van der Waals surface area contributed by atoms with Gasteiger partial charge in [0.2, 0.25) is 0 Å². The van der Waals surface area contributed by atoms with Gasteiger partial charge >= 0.3 is 0 Å². The van der Waals surface area contributed by atoms with Gasteiger partial charge in [0.05, 0.1) is 12.1 Å². The van der Waals surface area contributed by atoms with E-state index >= 15 is 0 Å². The van der Waals surface area contributed by atoms with Crippen molar-refractivity contribution >= 4 is 38.7 Å². The fourth-order valence-corrected chi connectivity index (χ4v) is 3.07. The summed E-state index contributed by atoms with van der Waals surface area (Å²) in [6, 6.07) is 4.07. The zero-order chi connectivity index (χ0) is 11.1. The molecule has 0 N–H and O–H groups in total. The van der Waals surface area contributed by atoms with E-state index in [1.807, 2.05) is 12.1 Å². The molecule has 0 aliphatic carbocycles. The third-order valence-corrected chi connectivity index (χ3v) is 3.84. The molecule has 16 heavy (non-hydrogen) atoms. The molecule has 0 unspecified atom stereocenters. The first-order chi connectivity index (χ1) is 7.79. The average Bonchev–Trinajstić information content (AvgIpc) is 2.47. The lowest BCUT2D eigenvalue weighted by Crippen LogP contribution is -2.00. The zero-order valence-corrected chi connectivity index (χ0v) is 11.3. The molecule has 2 aromatic rings. The van der Waals surface area contributed by atoms with Crippen LogP contribution in [0.3, 0.4) is 0 Å². The Hall–Kier alpha value is -0.680. The van der Waals surface area contributed by atoms with Crippen LogP contribution in [0, 0.1) is 0 Å². The molecule has 2 heterocycles.